The zero-order chi connectivity index (χ0) is 39.1. The average molecular weight is 750 g/mol. The van der Waals surface area contributed by atoms with Crippen LogP contribution >= 0.6 is 0 Å². The average Bonchev–Trinajstić information content (AvgIpc) is 3.13. The Labute approximate surface area is 332 Å². The van der Waals surface area contributed by atoms with Crippen molar-refractivity contribution in [2.45, 2.75) is 245 Å². The number of unbranched alkanes of at least 4 members (excludes halogenated alkanes) is 29. The number of quaternary nitrogens is 1. The third kappa shape index (κ3) is 37.6. The first-order chi connectivity index (χ1) is 25.7. The molecule has 0 aliphatic heterocycles. The number of hydrogen-bond donors (Lipinski definition) is 2. The van der Waals surface area contributed by atoms with E-state index in [1.165, 1.54) is 167 Å². The quantitative estimate of drug-likeness (QED) is 0.0482. The molecule has 1 unspecified atom stereocenters. The fourth-order valence-electron chi connectivity index (χ4n) is 7.61. The van der Waals surface area contributed by atoms with Crippen molar-refractivity contribution >= 4 is 11.8 Å². The Morgan fingerprint density at radius 2 is 0.849 bits per heavy atom. The van der Waals surface area contributed by atoms with E-state index >= 15 is 0 Å². The van der Waals surface area contributed by atoms with Crippen LogP contribution in [0.3, 0.4) is 0 Å². The molecule has 0 rings (SSSR count). The predicted molar refractivity (Wildman–Crippen MR) is 233 cm³/mol. The summed E-state index contributed by atoms with van der Waals surface area (Å²) in [6.07, 6.45) is 43.6. The Morgan fingerprint density at radius 3 is 1.21 bits per heavy atom. The van der Waals surface area contributed by atoms with Crippen LogP contribution in [-0.4, -0.2) is 74.6 Å². The minimum atomic E-state index is -0.418. The zero-order valence-electron chi connectivity index (χ0n) is 36.9. The largest absolute Gasteiger partial charge is 0.344 e. The van der Waals surface area contributed by atoms with Gasteiger partial charge in [-0.15, -0.1) is 0 Å². The maximum Gasteiger partial charge on any atom is 0.245 e. The molecule has 1 atom stereocenters. The van der Waals surface area contributed by atoms with Gasteiger partial charge in [0.2, 0.25) is 11.8 Å². The van der Waals surface area contributed by atoms with E-state index in [2.05, 4.69) is 45.2 Å². The molecule has 0 fully saturated rings. The Morgan fingerprint density at radius 1 is 0.491 bits per heavy atom. The van der Waals surface area contributed by atoms with E-state index in [-0.39, 0.29) is 11.8 Å². The number of nitrogens with two attached hydrogens (primary N) is 1. The van der Waals surface area contributed by atoms with Crippen LogP contribution in [0.25, 0.3) is 0 Å². The van der Waals surface area contributed by atoms with Crippen LogP contribution in [0.4, 0.5) is 0 Å². The normalized spacial score (nSPS) is 12.3. The number of amides is 2. The molecule has 0 spiro atoms. The van der Waals surface area contributed by atoms with E-state index in [0.717, 1.165) is 69.1 Å². The fourth-order valence-corrected chi connectivity index (χ4v) is 7.61. The number of nitrogens with one attached hydrogen (secondary N) is 1. The minimum Gasteiger partial charge on any atom is -0.344 e. The van der Waals surface area contributed by atoms with Gasteiger partial charge in [0.25, 0.3) is 0 Å². The van der Waals surface area contributed by atoms with Crippen molar-refractivity contribution in [1.29, 1.82) is 0 Å². The van der Waals surface area contributed by atoms with Gasteiger partial charge in [-0.3, -0.25) is 9.59 Å². The summed E-state index contributed by atoms with van der Waals surface area (Å²) in [5, 5.41) is 3.19. The van der Waals surface area contributed by atoms with Crippen molar-refractivity contribution in [3.8, 4) is 0 Å². The van der Waals surface area contributed by atoms with Crippen molar-refractivity contribution < 1.29 is 14.1 Å². The summed E-state index contributed by atoms with van der Waals surface area (Å²) in [5.74, 6) is 0.180. The Kier molecular flexibility index (Phi) is 38.3. The second-order valence-corrected chi connectivity index (χ2v) is 17.7. The van der Waals surface area contributed by atoms with Gasteiger partial charge >= 0.3 is 0 Å². The van der Waals surface area contributed by atoms with Gasteiger partial charge in [-0.05, 0) is 57.9 Å². The monoisotopic (exact) mass is 750 g/mol. The summed E-state index contributed by atoms with van der Waals surface area (Å²) in [6.45, 7) is 7.97. The summed E-state index contributed by atoms with van der Waals surface area (Å²) in [4.78, 5) is 29.2. The summed E-state index contributed by atoms with van der Waals surface area (Å²) in [6, 6.07) is -0.418. The van der Waals surface area contributed by atoms with E-state index in [1.807, 2.05) is 0 Å². The lowest BCUT2D eigenvalue weighted by Gasteiger charge is -2.28. The Bertz CT molecular complexity index is 751. The van der Waals surface area contributed by atoms with Gasteiger partial charge in [-0.25, -0.2) is 0 Å². The van der Waals surface area contributed by atoms with Crippen LogP contribution in [0.2, 0.25) is 0 Å². The van der Waals surface area contributed by atoms with Gasteiger partial charge in [0.1, 0.15) is 6.04 Å². The third-order valence-electron chi connectivity index (χ3n) is 11.2. The molecule has 3 N–H and O–H groups in total. The molecule has 0 aliphatic rings. The first-order valence-corrected chi connectivity index (χ1v) is 23.8. The number of rotatable bonds is 42. The van der Waals surface area contributed by atoms with E-state index in [4.69, 9.17) is 5.73 Å². The predicted octanol–water partition coefficient (Wildman–Crippen LogP) is 12.7. The molecule has 0 aromatic heterocycles. The van der Waals surface area contributed by atoms with Gasteiger partial charge in [-0.1, -0.05) is 181 Å². The number of carbonyl (C=O) groups excluding carboxylic acids is 2. The molecule has 0 aliphatic carbocycles. The van der Waals surface area contributed by atoms with Crippen LogP contribution in [0.1, 0.15) is 239 Å². The standard InChI is InChI=1S/C47H96N4O2/c1-6-8-10-12-14-16-18-20-22-24-26-28-30-36-42-50(43-37-31-29-27-25-23-21-19-17-15-13-11-9-7-2)47(53)45(39-34-35-41-48)49-46(52)40-33-32-38-44-51(3,4)5/h45H,6-44,48H2,1-5H3/p+1. The number of hydrogen-bond acceptors (Lipinski definition) is 3. The van der Waals surface area contributed by atoms with Crippen molar-refractivity contribution in [2.75, 3.05) is 47.3 Å². The number of nitrogens with zero attached hydrogens (tertiary/aromatic N) is 2. The molecule has 0 heterocycles. The molecular formula is C47H97N4O2+. The summed E-state index contributed by atoms with van der Waals surface area (Å²) < 4.78 is 0.957. The Balaban J connectivity index is 4.76. The lowest BCUT2D eigenvalue weighted by molar-refractivity contribution is -0.870. The molecule has 6 heteroatoms. The molecule has 0 radical (unpaired) electrons. The highest BCUT2D eigenvalue weighted by molar-refractivity contribution is 5.87. The zero-order valence-corrected chi connectivity index (χ0v) is 36.9. The highest BCUT2D eigenvalue weighted by Gasteiger charge is 2.25. The first-order valence-electron chi connectivity index (χ1n) is 23.8. The SMILES string of the molecule is CCCCCCCCCCCCCCCCN(CCCCCCCCCCCCCCCC)C(=O)C(CCCCN)NC(=O)CCCCC[N+](C)(C)C. The molecule has 316 valence electrons. The fraction of sp³-hybridized carbons (Fsp3) is 0.957. The molecule has 0 bridgehead atoms. The smallest absolute Gasteiger partial charge is 0.245 e. The lowest BCUT2D eigenvalue weighted by Crippen LogP contribution is -2.49. The number of carbonyl (C=O) groups is 2. The van der Waals surface area contributed by atoms with Crippen LogP contribution in [0, 0.1) is 0 Å². The summed E-state index contributed by atoms with van der Waals surface area (Å²) >= 11 is 0. The second kappa shape index (κ2) is 39.1. The molecule has 0 aromatic rings. The summed E-state index contributed by atoms with van der Waals surface area (Å²) in [7, 11) is 6.65. The molecule has 0 saturated heterocycles. The van der Waals surface area contributed by atoms with Gasteiger partial charge < -0.3 is 20.4 Å². The Hall–Kier alpha value is -1.14. The van der Waals surface area contributed by atoms with Gasteiger partial charge in [-0.2, -0.15) is 0 Å². The van der Waals surface area contributed by atoms with Crippen molar-refractivity contribution in [2.24, 2.45) is 5.73 Å². The minimum absolute atomic E-state index is 0.0364. The summed E-state index contributed by atoms with van der Waals surface area (Å²) in [5.41, 5.74) is 5.83. The lowest BCUT2D eigenvalue weighted by atomic mass is 10.0. The van der Waals surface area contributed by atoms with E-state index in [9.17, 15) is 9.59 Å². The molecular weight excluding hydrogens is 653 g/mol. The maximum atomic E-state index is 14.1. The topological polar surface area (TPSA) is 75.4 Å². The molecule has 53 heavy (non-hydrogen) atoms. The van der Waals surface area contributed by atoms with Gasteiger partial charge in [0.05, 0.1) is 27.7 Å². The molecule has 6 nitrogen and oxygen atoms in total. The van der Waals surface area contributed by atoms with Crippen molar-refractivity contribution in [3.05, 3.63) is 0 Å². The molecule has 2 amide bonds. The van der Waals surface area contributed by atoms with Crippen LogP contribution in [-0.2, 0) is 9.59 Å². The van der Waals surface area contributed by atoms with Crippen molar-refractivity contribution in [3.63, 3.8) is 0 Å². The van der Waals surface area contributed by atoms with Crippen LogP contribution < -0.4 is 11.1 Å². The van der Waals surface area contributed by atoms with Gasteiger partial charge in [0, 0.05) is 19.5 Å². The van der Waals surface area contributed by atoms with Gasteiger partial charge in [0.15, 0.2) is 0 Å². The molecule has 0 saturated carbocycles. The van der Waals surface area contributed by atoms with E-state index < -0.39 is 6.04 Å². The maximum absolute atomic E-state index is 14.1. The van der Waals surface area contributed by atoms with Crippen LogP contribution in [0.5, 0.6) is 0 Å². The van der Waals surface area contributed by atoms with E-state index in [1.54, 1.807) is 0 Å². The van der Waals surface area contributed by atoms with Crippen LogP contribution in [0.15, 0.2) is 0 Å². The highest BCUT2D eigenvalue weighted by Crippen LogP contribution is 2.16. The van der Waals surface area contributed by atoms with Crippen molar-refractivity contribution in [1.82, 2.24) is 10.2 Å². The first kappa shape index (κ1) is 51.9. The third-order valence-corrected chi connectivity index (χ3v) is 11.2. The highest BCUT2D eigenvalue weighted by atomic mass is 16.2. The second-order valence-electron chi connectivity index (χ2n) is 17.7. The van der Waals surface area contributed by atoms with E-state index in [0.29, 0.717) is 19.4 Å². The molecule has 0 aromatic carbocycles.